The smallest absolute Gasteiger partial charge is 0.343 e. The number of benzene rings is 2. The van der Waals surface area contributed by atoms with E-state index in [1.807, 2.05) is 6.07 Å². The van der Waals surface area contributed by atoms with E-state index in [4.69, 9.17) is 11.6 Å². The second-order valence-corrected chi connectivity index (χ2v) is 8.80. The van der Waals surface area contributed by atoms with E-state index in [0.29, 0.717) is 17.7 Å². The minimum Gasteiger partial charge on any atom is -0.508 e. The van der Waals surface area contributed by atoms with Crippen LogP contribution in [-0.4, -0.2) is 31.4 Å². The lowest BCUT2D eigenvalue weighted by molar-refractivity contribution is 0.199. The number of aromatic nitrogens is 2. The zero-order valence-corrected chi connectivity index (χ0v) is 20.1. The molecule has 0 radical (unpaired) electrons. The average molecular weight is 518 g/mol. The third kappa shape index (κ3) is 4.94. The molecule has 2 aromatic heterocycles. The molecule has 1 aliphatic heterocycles. The summed E-state index contributed by atoms with van der Waals surface area (Å²) in [6.07, 6.45) is 5.10. The van der Waals surface area contributed by atoms with Crippen LogP contribution >= 0.6 is 11.6 Å². The predicted molar refractivity (Wildman–Crippen MR) is 138 cm³/mol. The average Bonchev–Trinajstić information content (AvgIpc) is 3.35. The maximum atomic E-state index is 14.3. The summed E-state index contributed by atoms with van der Waals surface area (Å²) < 4.78 is 15.5. The van der Waals surface area contributed by atoms with E-state index >= 15 is 0 Å². The topological polar surface area (TPSA) is 99.8 Å². The molecule has 2 aromatic carbocycles. The molecule has 1 atom stereocenters. The third-order valence-corrected chi connectivity index (χ3v) is 6.41. The first-order valence-electron chi connectivity index (χ1n) is 11.4. The molecule has 1 aliphatic rings. The third-order valence-electron chi connectivity index (χ3n) is 6.06. The Morgan fingerprint density at radius 2 is 1.95 bits per heavy atom. The van der Waals surface area contributed by atoms with Crippen LogP contribution in [0.5, 0.6) is 5.75 Å². The molecule has 0 bridgehead atoms. The van der Waals surface area contributed by atoms with Crippen LogP contribution in [0.25, 0.3) is 0 Å². The van der Waals surface area contributed by atoms with Crippen molar-refractivity contribution < 1.29 is 14.3 Å². The molecule has 5 rings (SSSR count). The number of aromatic hydroxyl groups is 1. The number of nitrogens with zero attached hydrogens (tertiary/aromatic N) is 4. The maximum absolute atomic E-state index is 14.3. The summed E-state index contributed by atoms with van der Waals surface area (Å²) >= 11 is 6.12. The second-order valence-electron chi connectivity index (χ2n) is 8.40. The number of urea groups is 1. The number of carbonyl (C=O) groups is 1. The molecule has 4 aromatic rings. The van der Waals surface area contributed by atoms with E-state index in [1.165, 1.54) is 40.0 Å². The lowest BCUT2D eigenvalue weighted by Gasteiger charge is -2.23. The van der Waals surface area contributed by atoms with Crippen LogP contribution in [0, 0.1) is 5.82 Å². The molecule has 1 unspecified atom stereocenters. The zero-order chi connectivity index (χ0) is 25.9. The van der Waals surface area contributed by atoms with Gasteiger partial charge in [-0.1, -0.05) is 41.9 Å². The van der Waals surface area contributed by atoms with Crippen molar-refractivity contribution in [2.24, 2.45) is 5.10 Å². The number of anilines is 1. The summed E-state index contributed by atoms with van der Waals surface area (Å²) in [6.45, 7) is -0.110. The minimum atomic E-state index is -0.661. The van der Waals surface area contributed by atoms with Gasteiger partial charge in [0.05, 0.1) is 18.3 Å². The molecule has 0 fully saturated rings. The molecule has 0 saturated heterocycles. The largest absolute Gasteiger partial charge is 0.508 e. The molecular formula is C27H21ClFN5O3. The number of pyridine rings is 2. The van der Waals surface area contributed by atoms with Crippen LogP contribution in [0.1, 0.15) is 29.2 Å². The number of nitrogens with one attached hydrogen (secondary N) is 1. The summed E-state index contributed by atoms with van der Waals surface area (Å²) in [5, 5.41) is 19.0. The summed E-state index contributed by atoms with van der Waals surface area (Å²) in [7, 11) is 0. The molecule has 0 saturated carbocycles. The van der Waals surface area contributed by atoms with Crippen LogP contribution < -0.4 is 10.9 Å². The van der Waals surface area contributed by atoms with Crippen LogP contribution in [0.4, 0.5) is 14.9 Å². The molecule has 2 amide bonds. The standard InChI is InChI=1S/C27H21ClFN5O3/c28-20-8-3-9-21(29)19(20)16-33-13-5-10-22(26(33)36)31-27(37)34-24(18-7-1-2-11-25(18)35)14-23(32-34)17-6-4-12-30-15-17/h1-13,15,24,35H,14,16H2,(H,31,37). The molecule has 0 spiro atoms. The number of halogens is 2. The lowest BCUT2D eigenvalue weighted by Crippen LogP contribution is -2.34. The molecule has 0 aliphatic carbocycles. The van der Waals surface area contributed by atoms with Crippen molar-refractivity contribution in [3.8, 4) is 5.75 Å². The number of hydrogen-bond acceptors (Lipinski definition) is 5. The summed E-state index contributed by atoms with van der Waals surface area (Å²) in [5.41, 5.74) is 1.48. The molecule has 186 valence electrons. The van der Waals surface area contributed by atoms with Crippen molar-refractivity contribution >= 4 is 29.0 Å². The first-order chi connectivity index (χ1) is 17.9. The van der Waals surface area contributed by atoms with Gasteiger partial charge < -0.3 is 15.0 Å². The summed E-state index contributed by atoms with van der Waals surface area (Å²) in [6, 6.07) is 16.4. The maximum Gasteiger partial charge on any atom is 0.343 e. The number of amides is 2. The monoisotopic (exact) mass is 517 g/mol. The van der Waals surface area contributed by atoms with Gasteiger partial charge in [0.25, 0.3) is 5.56 Å². The van der Waals surface area contributed by atoms with E-state index in [0.717, 1.165) is 5.56 Å². The molecule has 10 heteroatoms. The van der Waals surface area contributed by atoms with Gasteiger partial charge in [-0.3, -0.25) is 9.78 Å². The van der Waals surface area contributed by atoms with Crippen molar-refractivity contribution in [1.29, 1.82) is 0 Å². The second kappa shape index (κ2) is 10.2. The van der Waals surface area contributed by atoms with Gasteiger partial charge in [-0.25, -0.2) is 14.2 Å². The van der Waals surface area contributed by atoms with Gasteiger partial charge in [-0.05, 0) is 36.4 Å². The SMILES string of the molecule is O=C(Nc1cccn(Cc2c(F)cccc2Cl)c1=O)N1N=C(c2cccnc2)CC1c1ccccc1O. The first kappa shape index (κ1) is 24.2. The summed E-state index contributed by atoms with van der Waals surface area (Å²) in [5.74, 6) is -0.509. The van der Waals surface area contributed by atoms with E-state index in [9.17, 15) is 19.1 Å². The highest BCUT2D eigenvalue weighted by Gasteiger charge is 2.35. The van der Waals surface area contributed by atoms with Crippen molar-refractivity contribution in [1.82, 2.24) is 14.6 Å². The number of phenolic OH excluding ortho intramolecular Hbond substituents is 1. The minimum absolute atomic E-state index is 0.0129. The quantitative estimate of drug-likeness (QED) is 0.381. The van der Waals surface area contributed by atoms with Gasteiger partial charge in [0.1, 0.15) is 17.3 Å². The van der Waals surface area contributed by atoms with Crippen LogP contribution in [-0.2, 0) is 6.54 Å². The normalized spacial score (nSPS) is 14.9. The number of phenols is 1. The molecule has 37 heavy (non-hydrogen) atoms. The number of hydrazone groups is 1. The Kier molecular flexibility index (Phi) is 6.70. The number of carbonyl (C=O) groups excluding carboxylic acids is 1. The number of hydrogen-bond donors (Lipinski definition) is 2. The first-order valence-corrected chi connectivity index (χ1v) is 11.8. The predicted octanol–water partition coefficient (Wildman–Crippen LogP) is 5.17. The Hall–Kier alpha value is -4.50. The van der Waals surface area contributed by atoms with Crippen LogP contribution in [0.15, 0.2) is 95.2 Å². The fraction of sp³-hybridized carbons (Fsp3) is 0.111. The van der Waals surface area contributed by atoms with Gasteiger partial charge in [-0.2, -0.15) is 5.10 Å². The zero-order valence-electron chi connectivity index (χ0n) is 19.4. The molecular weight excluding hydrogens is 497 g/mol. The molecule has 2 N–H and O–H groups in total. The Labute approximate surface area is 216 Å². The number of para-hydroxylation sites is 1. The Balaban J connectivity index is 1.45. The van der Waals surface area contributed by atoms with Crippen molar-refractivity contribution in [2.45, 2.75) is 19.0 Å². The van der Waals surface area contributed by atoms with Crippen LogP contribution in [0.3, 0.4) is 0 Å². The lowest BCUT2D eigenvalue weighted by atomic mass is 9.98. The van der Waals surface area contributed by atoms with E-state index in [-0.39, 0.29) is 28.6 Å². The van der Waals surface area contributed by atoms with Gasteiger partial charge in [-0.15, -0.1) is 0 Å². The molecule has 8 nitrogen and oxygen atoms in total. The van der Waals surface area contributed by atoms with Crippen molar-refractivity contribution in [3.63, 3.8) is 0 Å². The highest BCUT2D eigenvalue weighted by molar-refractivity contribution is 6.31. The van der Waals surface area contributed by atoms with Gasteiger partial charge in [0.15, 0.2) is 0 Å². The Morgan fingerprint density at radius 3 is 2.70 bits per heavy atom. The van der Waals surface area contributed by atoms with E-state index in [1.54, 1.807) is 48.8 Å². The van der Waals surface area contributed by atoms with Crippen molar-refractivity contribution in [2.75, 3.05) is 5.32 Å². The Bertz CT molecular complexity index is 1540. The highest BCUT2D eigenvalue weighted by atomic mass is 35.5. The van der Waals surface area contributed by atoms with Gasteiger partial charge in [0, 0.05) is 46.7 Å². The van der Waals surface area contributed by atoms with Gasteiger partial charge >= 0.3 is 6.03 Å². The van der Waals surface area contributed by atoms with Crippen molar-refractivity contribution in [3.05, 3.63) is 123 Å². The summed E-state index contributed by atoms with van der Waals surface area (Å²) in [4.78, 5) is 30.6. The van der Waals surface area contributed by atoms with Crippen LogP contribution in [0.2, 0.25) is 5.02 Å². The highest BCUT2D eigenvalue weighted by Crippen LogP contribution is 2.37. The van der Waals surface area contributed by atoms with Gasteiger partial charge in [0.2, 0.25) is 0 Å². The fourth-order valence-electron chi connectivity index (χ4n) is 4.20. The van der Waals surface area contributed by atoms with E-state index in [2.05, 4.69) is 15.4 Å². The molecule has 3 heterocycles. The van der Waals surface area contributed by atoms with E-state index < -0.39 is 23.4 Å². The number of rotatable bonds is 5. The Morgan fingerprint density at radius 1 is 1.11 bits per heavy atom. The fourth-order valence-corrected chi connectivity index (χ4v) is 4.42.